The van der Waals surface area contributed by atoms with Gasteiger partial charge in [0.25, 0.3) is 0 Å². The van der Waals surface area contributed by atoms with E-state index in [1.165, 1.54) is 0 Å². The standard InChI is InChI=1S/C11H14N2O3/c1-11(2,3)16-8-5-7-9(4-6(8)12)15-10(14)13-7/h4-5H,12H2,1-3H3,(H,13,14). The summed E-state index contributed by atoms with van der Waals surface area (Å²) >= 11 is 0. The highest BCUT2D eigenvalue weighted by Gasteiger charge is 2.15. The number of oxazole rings is 1. The summed E-state index contributed by atoms with van der Waals surface area (Å²) in [4.78, 5) is 13.5. The van der Waals surface area contributed by atoms with Gasteiger partial charge in [0.2, 0.25) is 0 Å². The summed E-state index contributed by atoms with van der Waals surface area (Å²) in [5.74, 6) is 0.0411. The molecule has 16 heavy (non-hydrogen) atoms. The molecule has 0 radical (unpaired) electrons. The van der Waals surface area contributed by atoms with Crippen molar-refractivity contribution in [2.24, 2.45) is 0 Å². The molecule has 0 amide bonds. The molecule has 0 unspecified atom stereocenters. The van der Waals surface area contributed by atoms with Gasteiger partial charge in [-0.2, -0.15) is 0 Å². The third kappa shape index (κ3) is 2.03. The number of aromatic amines is 1. The van der Waals surface area contributed by atoms with Gasteiger partial charge in [-0.25, -0.2) is 4.79 Å². The first-order chi connectivity index (χ1) is 7.35. The van der Waals surface area contributed by atoms with Crippen LogP contribution in [0.25, 0.3) is 11.1 Å². The maximum Gasteiger partial charge on any atom is 0.417 e. The van der Waals surface area contributed by atoms with E-state index in [0.717, 1.165) is 0 Å². The van der Waals surface area contributed by atoms with Gasteiger partial charge in [0.1, 0.15) is 11.4 Å². The van der Waals surface area contributed by atoms with Crippen LogP contribution in [0.4, 0.5) is 5.69 Å². The molecule has 0 saturated carbocycles. The first kappa shape index (κ1) is 10.6. The maximum absolute atomic E-state index is 11.0. The Balaban J connectivity index is 2.53. The number of anilines is 1. The monoisotopic (exact) mass is 222 g/mol. The number of nitrogens with one attached hydrogen (secondary N) is 1. The molecule has 0 aliphatic carbocycles. The van der Waals surface area contributed by atoms with Crippen LogP contribution in [0.5, 0.6) is 5.75 Å². The van der Waals surface area contributed by atoms with E-state index in [2.05, 4.69) is 4.98 Å². The zero-order valence-electron chi connectivity index (χ0n) is 9.46. The molecular weight excluding hydrogens is 208 g/mol. The van der Waals surface area contributed by atoms with Crippen LogP contribution >= 0.6 is 0 Å². The van der Waals surface area contributed by atoms with Crippen molar-refractivity contribution in [1.29, 1.82) is 0 Å². The lowest BCUT2D eigenvalue weighted by atomic mass is 10.2. The second-order valence-electron chi connectivity index (χ2n) is 4.62. The number of rotatable bonds is 1. The summed E-state index contributed by atoms with van der Waals surface area (Å²) in [6.45, 7) is 5.78. The molecule has 0 aliphatic heterocycles. The Morgan fingerprint density at radius 2 is 2.06 bits per heavy atom. The molecule has 0 saturated heterocycles. The van der Waals surface area contributed by atoms with Crippen molar-refractivity contribution in [3.8, 4) is 5.75 Å². The Kier molecular flexibility index (Phi) is 2.18. The topological polar surface area (TPSA) is 81.2 Å². The fourth-order valence-corrected chi connectivity index (χ4v) is 1.41. The second-order valence-corrected chi connectivity index (χ2v) is 4.62. The van der Waals surface area contributed by atoms with Gasteiger partial charge in [-0.05, 0) is 20.8 Å². The van der Waals surface area contributed by atoms with Crippen LogP contribution in [0.15, 0.2) is 21.3 Å². The number of aromatic nitrogens is 1. The van der Waals surface area contributed by atoms with Crippen LogP contribution in [-0.2, 0) is 0 Å². The molecule has 0 bridgehead atoms. The molecule has 5 heteroatoms. The molecular formula is C11H14N2O3. The molecule has 0 fully saturated rings. The number of H-pyrrole nitrogens is 1. The lowest BCUT2D eigenvalue weighted by Crippen LogP contribution is -2.23. The molecule has 0 spiro atoms. The molecule has 5 nitrogen and oxygen atoms in total. The molecule has 3 N–H and O–H groups in total. The molecule has 2 aromatic rings. The Morgan fingerprint density at radius 1 is 1.38 bits per heavy atom. The first-order valence-corrected chi connectivity index (χ1v) is 4.96. The van der Waals surface area contributed by atoms with E-state index in [9.17, 15) is 4.79 Å². The zero-order valence-corrected chi connectivity index (χ0v) is 9.46. The third-order valence-electron chi connectivity index (χ3n) is 1.97. The number of nitrogen functional groups attached to an aromatic ring is 1. The lowest BCUT2D eigenvalue weighted by molar-refractivity contribution is 0.132. The molecule has 0 atom stereocenters. The van der Waals surface area contributed by atoms with Gasteiger partial charge in [-0.15, -0.1) is 0 Å². The van der Waals surface area contributed by atoms with Crippen LogP contribution in [0.1, 0.15) is 20.8 Å². The quantitative estimate of drug-likeness (QED) is 0.722. The fraction of sp³-hybridized carbons (Fsp3) is 0.364. The Labute approximate surface area is 92.2 Å². The highest BCUT2D eigenvalue weighted by Crippen LogP contribution is 2.29. The minimum Gasteiger partial charge on any atom is -0.486 e. The molecule has 1 aromatic heterocycles. The predicted molar refractivity (Wildman–Crippen MR) is 61.6 cm³/mol. The summed E-state index contributed by atoms with van der Waals surface area (Å²) < 4.78 is 10.5. The summed E-state index contributed by atoms with van der Waals surface area (Å²) in [5, 5.41) is 0. The zero-order chi connectivity index (χ0) is 11.9. The van der Waals surface area contributed by atoms with E-state index in [1.807, 2.05) is 20.8 Å². The highest BCUT2D eigenvalue weighted by molar-refractivity contribution is 5.80. The number of hydrogen-bond donors (Lipinski definition) is 2. The summed E-state index contributed by atoms with van der Waals surface area (Å²) in [7, 11) is 0. The molecule has 86 valence electrons. The third-order valence-corrected chi connectivity index (χ3v) is 1.97. The van der Waals surface area contributed by atoms with Gasteiger partial charge >= 0.3 is 5.76 Å². The van der Waals surface area contributed by atoms with Gasteiger partial charge < -0.3 is 14.9 Å². The minimum atomic E-state index is -0.498. The van der Waals surface area contributed by atoms with Crippen LogP contribution in [0.3, 0.4) is 0 Å². The first-order valence-electron chi connectivity index (χ1n) is 4.96. The van der Waals surface area contributed by atoms with Gasteiger partial charge in [0, 0.05) is 12.1 Å². The van der Waals surface area contributed by atoms with Crippen LogP contribution in [0, 0.1) is 0 Å². The highest BCUT2D eigenvalue weighted by atomic mass is 16.5. The largest absolute Gasteiger partial charge is 0.486 e. The number of ether oxygens (including phenoxy) is 1. The van der Waals surface area contributed by atoms with E-state index in [1.54, 1.807) is 12.1 Å². The van der Waals surface area contributed by atoms with Crippen molar-refractivity contribution in [2.45, 2.75) is 26.4 Å². The van der Waals surface area contributed by atoms with Gasteiger partial charge in [-0.3, -0.25) is 4.98 Å². The van der Waals surface area contributed by atoms with Crippen LogP contribution in [-0.4, -0.2) is 10.6 Å². The molecule has 1 aromatic carbocycles. The van der Waals surface area contributed by atoms with E-state index < -0.39 is 5.76 Å². The molecule has 0 aliphatic rings. The number of hydrogen-bond acceptors (Lipinski definition) is 4. The van der Waals surface area contributed by atoms with E-state index in [-0.39, 0.29) is 5.60 Å². The Bertz CT molecular complexity index is 575. The van der Waals surface area contributed by atoms with Crippen molar-refractivity contribution in [2.75, 3.05) is 5.73 Å². The Hall–Kier alpha value is -1.91. The maximum atomic E-state index is 11.0. The van der Waals surface area contributed by atoms with Crippen molar-refractivity contribution in [3.63, 3.8) is 0 Å². The van der Waals surface area contributed by atoms with E-state index in [0.29, 0.717) is 22.5 Å². The normalized spacial score (nSPS) is 11.9. The van der Waals surface area contributed by atoms with Crippen LogP contribution < -0.4 is 16.2 Å². The van der Waals surface area contributed by atoms with Crippen LogP contribution in [0.2, 0.25) is 0 Å². The van der Waals surface area contributed by atoms with Crippen molar-refractivity contribution in [3.05, 3.63) is 22.7 Å². The predicted octanol–water partition coefficient (Wildman–Crippen LogP) is 1.88. The summed E-state index contributed by atoms with van der Waals surface area (Å²) in [6, 6.07) is 3.25. The summed E-state index contributed by atoms with van der Waals surface area (Å²) in [6.07, 6.45) is 0. The smallest absolute Gasteiger partial charge is 0.417 e. The molecule has 2 rings (SSSR count). The average molecular weight is 222 g/mol. The summed E-state index contributed by atoms with van der Waals surface area (Å²) in [5.41, 5.74) is 6.93. The minimum absolute atomic E-state index is 0.341. The number of benzene rings is 1. The van der Waals surface area contributed by atoms with Gasteiger partial charge in [-0.1, -0.05) is 0 Å². The van der Waals surface area contributed by atoms with Crippen molar-refractivity contribution >= 4 is 16.8 Å². The van der Waals surface area contributed by atoms with Gasteiger partial charge in [0.05, 0.1) is 11.2 Å². The van der Waals surface area contributed by atoms with E-state index in [4.69, 9.17) is 14.9 Å². The average Bonchev–Trinajstić information content (AvgIpc) is 2.42. The number of fused-ring (bicyclic) bond motifs is 1. The fourth-order valence-electron chi connectivity index (χ4n) is 1.41. The SMILES string of the molecule is CC(C)(C)Oc1cc2[nH]c(=O)oc2cc1N. The van der Waals surface area contributed by atoms with Gasteiger partial charge in [0.15, 0.2) is 5.58 Å². The second kappa shape index (κ2) is 3.30. The number of nitrogens with two attached hydrogens (primary N) is 1. The van der Waals surface area contributed by atoms with E-state index >= 15 is 0 Å². The van der Waals surface area contributed by atoms with Crippen molar-refractivity contribution in [1.82, 2.24) is 4.98 Å². The van der Waals surface area contributed by atoms with Crippen molar-refractivity contribution < 1.29 is 9.15 Å². The molecule has 1 heterocycles. The lowest BCUT2D eigenvalue weighted by Gasteiger charge is -2.22. The Morgan fingerprint density at radius 3 is 2.69 bits per heavy atom.